The fourth-order valence-corrected chi connectivity index (χ4v) is 1.86. The number of amides is 1. The van der Waals surface area contributed by atoms with Crippen LogP contribution in [0.3, 0.4) is 0 Å². The number of hydrogen-bond acceptors (Lipinski definition) is 4. The van der Waals surface area contributed by atoms with Crippen molar-refractivity contribution in [1.82, 2.24) is 15.1 Å². The first-order chi connectivity index (χ1) is 7.57. The molecule has 1 saturated heterocycles. The van der Waals surface area contributed by atoms with Gasteiger partial charge in [-0.05, 0) is 13.8 Å². The number of hydrogen-bond donors (Lipinski definition) is 2. The molecule has 0 radical (unpaired) electrons. The average molecular weight is 229 g/mol. The molecule has 1 aliphatic heterocycles. The lowest BCUT2D eigenvalue weighted by atomic mass is 10.2. The van der Waals surface area contributed by atoms with Crippen molar-refractivity contribution in [1.29, 1.82) is 0 Å². The Morgan fingerprint density at radius 3 is 2.50 bits per heavy atom. The zero-order valence-electron chi connectivity index (χ0n) is 10.4. The molecule has 2 N–H and O–H groups in total. The maximum atomic E-state index is 12.1. The summed E-state index contributed by atoms with van der Waals surface area (Å²) >= 11 is 0. The molecule has 5 heteroatoms. The van der Waals surface area contributed by atoms with E-state index in [1.807, 2.05) is 13.8 Å². The van der Waals surface area contributed by atoms with Crippen molar-refractivity contribution in [2.75, 3.05) is 39.8 Å². The smallest absolute Gasteiger partial charge is 0.239 e. The quantitative estimate of drug-likeness (QED) is 0.657. The standard InChI is InChI=1S/C11H23N3O2/c1-9(8-15)13(3)11(16)10(2)14-6-4-12-5-7-14/h9-10,12,15H,4-8H2,1-3H3. The van der Waals surface area contributed by atoms with Gasteiger partial charge in [-0.25, -0.2) is 0 Å². The largest absolute Gasteiger partial charge is 0.394 e. The molecule has 1 fully saturated rings. The van der Waals surface area contributed by atoms with Crippen LogP contribution in [0.4, 0.5) is 0 Å². The number of rotatable bonds is 4. The topological polar surface area (TPSA) is 55.8 Å². The molecule has 1 aliphatic rings. The molecule has 0 bridgehead atoms. The highest BCUT2D eigenvalue weighted by Gasteiger charge is 2.26. The van der Waals surface area contributed by atoms with Crippen molar-refractivity contribution in [2.45, 2.75) is 25.9 Å². The number of carbonyl (C=O) groups excluding carboxylic acids is 1. The molecule has 0 aromatic heterocycles. The van der Waals surface area contributed by atoms with Crippen LogP contribution in [0.15, 0.2) is 0 Å². The van der Waals surface area contributed by atoms with Crippen molar-refractivity contribution in [3.8, 4) is 0 Å². The van der Waals surface area contributed by atoms with Gasteiger partial charge in [0.25, 0.3) is 0 Å². The van der Waals surface area contributed by atoms with Gasteiger partial charge in [-0.1, -0.05) is 0 Å². The van der Waals surface area contributed by atoms with Gasteiger partial charge in [0.1, 0.15) is 0 Å². The minimum Gasteiger partial charge on any atom is -0.394 e. The van der Waals surface area contributed by atoms with E-state index in [0.717, 1.165) is 26.2 Å². The average Bonchev–Trinajstić information content (AvgIpc) is 2.36. The molecule has 5 nitrogen and oxygen atoms in total. The zero-order chi connectivity index (χ0) is 12.1. The van der Waals surface area contributed by atoms with E-state index in [1.54, 1.807) is 11.9 Å². The Balaban J connectivity index is 2.51. The summed E-state index contributed by atoms with van der Waals surface area (Å²) < 4.78 is 0. The first-order valence-electron chi connectivity index (χ1n) is 5.90. The molecule has 0 aliphatic carbocycles. The summed E-state index contributed by atoms with van der Waals surface area (Å²) in [7, 11) is 1.75. The lowest BCUT2D eigenvalue weighted by Crippen LogP contribution is -2.54. The third-order valence-electron chi connectivity index (χ3n) is 3.33. The van der Waals surface area contributed by atoms with E-state index in [-0.39, 0.29) is 24.6 Å². The van der Waals surface area contributed by atoms with Gasteiger partial charge in [-0.2, -0.15) is 0 Å². The summed E-state index contributed by atoms with van der Waals surface area (Å²) in [6.45, 7) is 7.50. The van der Waals surface area contributed by atoms with Gasteiger partial charge in [-0.15, -0.1) is 0 Å². The number of aliphatic hydroxyl groups excluding tert-OH is 1. The number of carbonyl (C=O) groups is 1. The van der Waals surface area contributed by atoms with Crippen LogP contribution in [-0.4, -0.2) is 72.7 Å². The first-order valence-corrected chi connectivity index (χ1v) is 5.90. The van der Waals surface area contributed by atoms with Crippen LogP contribution in [0.1, 0.15) is 13.8 Å². The summed E-state index contributed by atoms with van der Waals surface area (Å²) in [6.07, 6.45) is 0. The number of nitrogens with zero attached hydrogens (tertiary/aromatic N) is 2. The second kappa shape index (κ2) is 6.18. The van der Waals surface area contributed by atoms with Gasteiger partial charge in [0, 0.05) is 33.2 Å². The molecule has 0 spiro atoms. The van der Waals surface area contributed by atoms with E-state index in [9.17, 15) is 4.79 Å². The minimum atomic E-state index is -0.113. The summed E-state index contributed by atoms with van der Waals surface area (Å²) in [4.78, 5) is 15.9. The fraction of sp³-hybridized carbons (Fsp3) is 0.909. The predicted molar refractivity (Wildman–Crippen MR) is 63.2 cm³/mol. The highest BCUT2D eigenvalue weighted by atomic mass is 16.3. The van der Waals surface area contributed by atoms with E-state index in [2.05, 4.69) is 10.2 Å². The van der Waals surface area contributed by atoms with Gasteiger partial charge in [0.15, 0.2) is 0 Å². The Morgan fingerprint density at radius 2 is 2.00 bits per heavy atom. The molecule has 1 rings (SSSR count). The summed E-state index contributed by atoms with van der Waals surface area (Å²) in [6, 6.07) is -0.209. The lowest BCUT2D eigenvalue weighted by molar-refractivity contribution is -0.137. The highest BCUT2D eigenvalue weighted by Crippen LogP contribution is 2.06. The molecule has 0 aromatic carbocycles. The zero-order valence-corrected chi connectivity index (χ0v) is 10.4. The number of aliphatic hydroxyl groups is 1. The van der Waals surface area contributed by atoms with Crippen LogP contribution in [0, 0.1) is 0 Å². The van der Waals surface area contributed by atoms with Gasteiger partial charge in [-0.3, -0.25) is 9.69 Å². The third kappa shape index (κ3) is 3.17. The highest BCUT2D eigenvalue weighted by molar-refractivity contribution is 5.81. The summed E-state index contributed by atoms with van der Waals surface area (Å²) in [5.74, 6) is 0.0865. The maximum absolute atomic E-state index is 12.1. The number of likely N-dealkylation sites (N-methyl/N-ethyl adjacent to an activating group) is 1. The molecule has 94 valence electrons. The van der Waals surface area contributed by atoms with Gasteiger partial charge in [0.2, 0.25) is 5.91 Å². The van der Waals surface area contributed by atoms with Gasteiger partial charge >= 0.3 is 0 Å². The van der Waals surface area contributed by atoms with Gasteiger partial charge < -0.3 is 15.3 Å². The Bertz CT molecular complexity index is 229. The van der Waals surface area contributed by atoms with Crippen molar-refractivity contribution >= 4 is 5.91 Å². The first kappa shape index (κ1) is 13.4. The van der Waals surface area contributed by atoms with E-state index in [4.69, 9.17) is 5.11 Å². The molecule has 2 unspecified atom stereocenters. The van der Waals surface area contributed by atoms with Crippen LogP contribution in [0.2, 0.25) is 0 Å². The second-order valence-electron chi connectivity index (χ2n) is 4.44. The molecule has 1 heterocycles. The van der Waals surface area contributed by atoms with E-state index in [0.29, 0.717) is 0 Å². The normalized spacial score (nSPS) is 21.5. The van der Waals surface area contributed by atoms with E-state index < -0.39 is 0 Å². The van der Waals surface area contributed by atoms with Crippen molar-refractivity contribution in [2.24, 2.45) is 0 Å². The third-order valence-corrected chi connectivity index (χ3v) is 3.33. The van der Waals surface area contributed by atoms with Crippen LogP contribution < -0.4 is 5.32 Å². The lowest BCUT2D eigenvalue weighted by Gasteiger charge is -2.35. The van der Waals surface area contributed by atoms with E-state index >= 15 is 0 Å². The van der Waals surface area contributed by atoms with Crippen molar-refractivity contribution < 1.29 is 9.90 Å². The van der Waals surface area contributed by atoms with Crippen LogP contribution >= 0.6 is 0 Å². The number of piperazine rings is 1. The summed E-state index contributed by atoms with van der Waals surface area (Å²) in [5.41, 5.74) is 0. The minimum absolute atomic E-state index is 0.0104. The Kier molecular flexibility index (Phi) is 5.18. The molecular formula is C11H23N3O2. The molecule has 0 saturated carbocycles. The fourth-order valence-electron chi connectivity index (χ4n) is 1.86. The van der Waals surface area contributed by atoms with Crippen LogP contribution in [0.25, 0.3) is 0 Å². The molecule has 16 heavy (non-hydrogen) atoms. The van der Waals surface area contributed by atoms with Crippen LogP contribution in [0.5, 0.6) is 0 Å². The van der Waals surface area contributed by atoms with Crippen molar-refractivity contribution in [3.63, 3.8) is 0 Å². The Labute approximate surface area is 97.4 Å². The molecule has 0 aromatic rings. The molecular weight excluding hydrogens is 206 g/mol. The van der Waals surface area contributed by atoms with Crippen molar-refractivity contribution in [3.05, 3.63) is 0 Å². The second-order valence-corrected chi connectivity index (χ2v) is 4.44. The maximum Gasteiger partial charge on any atom is 0.239 e. The SMILES string of the molecule is CC(C(=O)N(C)C(C)CO)N1CCNCC1. The Hall–Kier alpha value is -0.650. The molecule has 2 atom stereocenters. The summed E-state index contributed by atoms with van der Waals surface area (Å²) in [5, 5.41) is 12.3. The number of nitrogens with one attached hydrogen (secondary N) is 1. The predicted octanol–water partition coefficient (Wildman–Crippen LogP) is -0.881. The molecule has 1 amide bonds. The Morgan fingerprint density at radius 1 is 1.44 bits per heavy atom. The van der Waals surface area contributed by atoms with E-state index in [1.165, 1.54) is 0 Å². The monoisotopic (exact) mass is 229 g/mol. The van der Waals surface area contributed by atoms with Gasteiger partial charge in [0.05, 0.1) is 18.7 Å². The van der Waals surface area contributed by atoms with Crippen LogP contribution in [-0.2, 0) is 4.79 Å².